The molecular weight excluding hydrogens is 422 g/mol. The molecule has 1 aliphatic heterocycles. The van der Waals surface area contributed by atoms with E-state index in [1.54, 1.807) is 49.4 Å². The second-order valence-corrected chi connectivity index (χ2v) is 7.03. The van der Waals surface area contributed by atoms with Crippen LogP contribution in [0.3, 0.4) is 0 Å². The summed E-state index contributed by atoms with van der Waals surface area (Å²) in [5.74, 6) is 0.269. The Kier molecular flexibility index (Phi) is 6.56. The van der Waals surface area contributed by atoms with Gasteiger partial charge in [-0.15, -0.1) is 0 Å². The molecule has 1 amide bonds. The van der Waals surface area contributed by atoms with Gasteiger partial charge in [-0.25, -0.2) is 4.79 Å². The van der Waals surface area contributed by atoms with Crippen LogP contribution in [0, 0.1) is 0 Å². The lowest BCUT2D eigenvalue weighted by molar-refractivity contribution is -0.136. The van der Waals surface area contributed by atoms with E-state index >= 15 is 0 Å². The molecule has 0 fully saturated rings. The Morgan fingerprint density at radius 2 is 1.65 bits per heavy atom. The number of ether oxygens (including phenoxy) is 4. The number of amides is 1. The Labute approximate surface area is 185 Å². The van der Waals surface area contributed by atoms with Crippen molar-refractivity contribution in [2.24, 2.45) is 0 Å². The molecule has 0 unspecified atom stereocenters. The van der Waals surface area contributed by atoms with E-state index < -0.39 is 5.97 Å². The molecule has 0 spiro atoms. The minimum absolute atomic E-state index is 0.168. The minimum Gasteiger partial charge on any atom is -0.493 e. The van der Waals surface area contributed by atoms with Crippen molar-refractivity contribution in [1.29, 1.82) is 0 Å². The van der Waals surface area contributed by atoms with Gasteiger partial charge in [0.05, 0.1) is 45.3 Å². The third-order valence-corrected chi connectivity index (χ3v) is 5.09. The summed E-state index contributed by atoms with van der Waals surface area (Å²) in [6, 6.07) is 10.2. The topological polar surface area (TPSA) is 74.3 Å². The van der Waals surface area contributed by atoms with Gasteiger partial charge in [-0.3, -0.25) is 9.69 Å². The predicted molar refractivity (Wildman–Crippen MR) is 118 cm³/mol. The normalized spacial score (nSPS) is 14.8. The van der Waals surface area contributed by atoms with E-state index in [2.05, 4.69) is 0 Å². The highest BCUT2D eigenvalue weighted by molar-refractivity contribution is 6.31. The zero-order chi connectivity index (χ0) is 22.7. The van der Waals surface area contributed by atoms with Gasteiger partial charge in [-0.2, -0.15) is 0 Å². The number of carbonyl (C=O) groups excluding carboxylic acids is 2. The van der Waals surface area contributed by atoms with Crippen LogP contribution in [-0.2, 0) is 14.3 Å². The third-order valence-electron chi connectivity index (χ3n) is 4.85. The molecule has 7 nitrogen and oxygen atoms in total. The van der Waals surface area contributed by atoms with Crippen LogP contribution in [0.4, 0.5) is 5.69 Å². The molecule has 2 aromatic carbocycles. The lowest BCUT2D eigenvalue weighted by Crippen LogP contribution is -2.24. The molecule has 0 aliphatic carbocycles. The van der Waals surface area contributed by atoms with E-state index in [0.717, 1.165) is 0 Å². The quantitative estimate of drug-likeness (QED) is 0.491. The van der Waals surface area contributed by atoms with Crippen molar-refractivity contribution in [3.8, 4) is 17.2 Å². The largest absolute Gasteiger partial charge is 0.493 e. The van der Waals surface area contributed by atoms with Gasteiger partial charge in [0.15, 0.2) is 11.5 Å². The summed E-state index contributed by atoms with van der Waals surface area (Å²) in [4.78, 5) is 27.4. The van der Waals surface area contributed by atoms with Crippen molar-refractivity contribution < 1.29 is 28.5 Å². The molecule has 31 heavy (non-hydrogen) atoms. The Morgan fingerprint density at radius 3 is 2.16 bits per heavy atom. The number of rotatable bonds is 6. The number of allylic oxidation sites excluding steroid dienone is 1. The van der Waals surface area contributed by atoms with Crippen molar-refractivity contribution in [2.75, 3.05) is 33.3 Å². The fourth-order valence-electron chi connectivity index (χ4n) is 3.46. The Balaban J connectivity index is 2.19. The number of methoxy groups -OCH3 is 4. The summed E-state index contributed by atoms with van der Waals surface area (Å²) in [6.07, 6.45) is 1.59. The number of esters is 1. The first-order valence-electron chi connectivity index (χ1n) is 9.27. The fraction of sp³-hybridized carbons (Fsp3) is 0.217. The standard InChI is InChI=1S/C23H22ClNO6/c1-13-20(23(27)31-5)17(22(26)25(13)16-8-6-7-15(24)12-16)9-14-10-18(28-2)21(30-4)19(11-14)29-3/h6-12H,1-5H3/b17-9-. The average Bonchev–Trinajstić information content (AvgIpc) is 3.01. The van der Waals surface area contributed by atoms with E-state index in [-0.39, 0.29) is 17.1 Å². The second kappa shape index (κ2) is 9.14. The van der Waals surface area contributed by atoms with Crippen LogP contribution >= 0.6 is 11.6 Å². The van der Waals surface area contributed by atoms with Gasteiger partial charge < -0.3 is 18.9 Å². The van der Waals surface area contributed by atoms with Crippen molar-refractivity contribution in [3.63, 3.8) is 0 Å². The summed E-state index contributed by atoms with van der Waals surface area (Å²) < 4.78 is 21.1. The summed E-state index contributed by atoms with van der Waals surface area (Å²) in [5.41, 5.74) is 1.92. The smallest absolute Gasteiger partial charge is 0.340 e. The molecule has 8 heteroatoms. The molecule has 0 saturated carbocycles. The molecule has 2 aromatic rings. The molecule has 0 saturated heterocycles. The maximum absolute atomic E-state index is 13.4. The maximum Gasteiger partial charge on any atom is 0.340 e. The lowest BCUT2D eigenvalue weighted by Gasteiger charge is -2.18. The highest BCUT2D eigenvalue weighted by Crippen LogP contribution is 2.41. The molecule has 0 atom stereocenters. The average molecular weight is 444 g/mol. The number of hydrogen-bond acceptors (Lipinski definition) is 6. The monoisotopic (exact) mass is 443 g/mol. The third kappa shape index (κ3) is 4.09. The summed E-state index contributed by atoms with van der Waals surface area (Å²) in [6.45, 7) is 1.68. The van der Waals surface area contributed by atoms with Crippen LogP contribution in [0.1, 0.15) is 12.5 Å². The van der Waals surface area contributed by atoms with Crippen molar-refractivity contribution in [2.45, 2.75) is 6.92 Å². The highest BCUT2D eigenvalue weighted by atomic mass is 35.5. The first-order valence-corrected chi connectivity index (χ1v) is 9.65. The Bertz CT molecular complexity index is 1080. The van der Waals surface area contributed by atoms with Gasteiger partial charge in [-0.05, 0) is 48.9 Å². The van der Waals surface area contributed by atoms with Crippen molar-refractivity contribution in [3.05, 3.63) is 63.8 Å². The van der Waals surface area contributed by atoms with Crippen LogP contribution in [0.25, 0.3) is 6.08 Å². The molecule has 0 radical (unpaired) electrons. The zero-order valence-electron chi connectivity index (χ0n) is 17.8. The van der Waals surface area contributed by atoms with Crippen LogP contribution in [0.5, 0.6) is 17.2 Å². The van der Waals surface area contributed by atoms with Gasteiger partial charge >= 0.3 is 5.97 Å². The van der Waals surface area contributed by atoms with Crippen LogP contribution in [0.15, 0.2) is 53.2 Å². The van der Waals surface area contributed by atoms with Gasteiger partial charge in [0.25, 0.3) is 5.91 Å². The number of halogens is 1. The first kappa shape index (κ1) is 22.2. The summed E-state index contributed by atoms with van der Waals surface area (Å²) in [7, 11) is 5.77. The van der Waals surface area contributed by atoms with Crippen LogP contribution < -0.4 is 19.1 Å². The molecule has 3 rings (SSSR count). The number of carbonyl (C=O) groups is 2. The van der Waals surface area contributed by atoms with E-state index in [9.17, 15) is 9.59 Å². The predicted octanol–water partition coefficient (Wildman–Crippen LogP) is 4.24. The molecule has 0 N–H and O–H groups in total. The van der Waals surface area contributed by atoms with Gasteiger partial charge in [0, 0.05) is 10.7 Å². The molecule has 0 bridgehead atoms. The number of anilines is 1. The maximum atomic E-state index is 13.4. The SMILES string of the molecule is COC(=O)C1=C(C)N(c2cccc(Cl)c2)C(=O)/C1=C\c1cc(OC)c(OC)c(OC)c1. The van der Waals surface area contributed by atoms with Crippen molar-refractivity contribution in [1.82, 2.24) is 0 Å². The minimum atomic E-state index is -0.617. The number of hydrogen-bond donors (Lipinski definition) is 0. The van der Waals surface area contributed by atoms with E-state index in [1.165, 1.54) is 33.3 Å². The van der Waals surface area contributed by atoms with E-state index in [4.69, 9.17) is 30.5 Å². The van der Waals surface area contributed by atoms with Crippen LogP contribution in [-0.4, -0.2) is 40.3 Å². The van der Waals surface area contributed by atoms with Gasteiger partial charge in [0.2, 0.25) is 5.75 Å². The molecular formula is C23H22ClNO6. The highest BCUT2D eigenvalue weighted by Gasteiger charge is 2.38. The van der Waals surface area contributed by atoms with Crippen LogP contribution in [0.2, 0.25) is 5.02 Å². The lowest BCUT2D eigenvalue weighted by atomic mass is 10.0. The Morgan fingerprint density at radius 1 is 1.00 bits per heavy atom. The second-order valence-electron chi connectivity index (χ2n) is 6.59. The Hall–Kier alpha value is -3.45. The summed E-state index contributed by atoms with van der Waals surface area (Å²) in [5, 5.41) is 0.472. The number of nitrogens with zero attached hydrogens (tertiary/aromatic N) is 1. The van der Waals surface area contributed by atoms with Gasteiger partial charge in [-0.1, -0.05) is 17.7 Å². The molecule has 0 aromatic heterocycles. The van der Waals surface area contributed by atoms with Crippen molar-refractivity contribution >= 4 is 35.2 Å². The first-order chi connectivity index (χ1) is 14.9. The van der Waals surface area contributed by atoms with E-state index in [1.807, 2.05) is 0 Å². The fourth-order valence-corrected chi connectivity index (χ4v) is 3.64. The van der Waals surface area contributed by atoms with Gasteiger partial charge in [0.1, 0.15) is 0 Å². The summed E-state index contributed by atoms with van der Waals surface area (Å²) >= 11 is 6.11. The number of benzene rings is 2. The van der Waals surface area contributed by atoms with E-state index in [0.29, 0.717) is 39.2 Å². The zero-order valence-corrected chi connectivity index (χ0v) is 18.6. The molecule has 162 valence electrons. The molecule has 1 aliphatic rings. The molecule has 1 heterocycles.